The molecule has 45 heavy (non-hydrogen) atoms. The number of amides is 2. The number of hydrogen-bond acceptors (Lipinski definition) is 8. The molecule has 232 valence electrons. The third-order valence-electron chi connectivity index (χ3n) is 7.32. The highest BCUT2D eigenvalue weighted by Gasteiger charge is 2.36. The van der Waals surface area contributed by atoms with Crippen LogP contribution in [0.15, 0.2) is 67.0 Å². The Morgan fingerprint density at radius 2 is 1.91 bits per heavy atom. The van der Waals surface area contributed by atoms with Crippen LogP contribution in [0.25, 0.3) is 11.8 Å². The molecule has 14 heteroatoms. The second kappa shape index (κ2) is 13.7. The van der Waals surface area contributed by atoms with E-state index in [0.717, 1.165) is 17.8 Å². The molecular formula is C31H30ClFN8O4. The molecule has 1 atom stereocenters. The van der Waals surface area contributed by atoms with E-state index in [1.807, 2.05) is 26.2 Å². The lowest BCUT2D eigenvalue weighted by Crippen LogP contribution is -2.45. The van der Waals surface area contributed by atoms with E-state index in [1.54, 1.807) is 6.07 Å². The van der Waals surface area contributed by atoms with Crippen molar-refractivity contribution in [3.8, 4) is 5.69 Å². The van der Waals surface area contributed by atoms with Crippen molar-refractivity contribution < 1.29 is 23.9 Å². The van der Waals surface area contributed by atoms with Crippen molar-refractivity contribution >= 4 is 46.8 Å². The number of rotatable bonds is 10. The molecule has 1 aromatic heterocycles. The third kappa shape index (κ3) is 7.00. The number of carbonyl (C=O) groups is 3. The van der Waals surface area contributed by atoms with Crippen LogP contribution in [0.3, 0.4) is 0 Å². The zero-order chi connectivity index (χ0) is 32.1. The van der Waals surface area contributed by atoms with Gasteiger partial charge in [-0.05, 0) is 90.6 Å². The van der Waals surface area contributed by atoms with Gasteiger partial charge in [0.05, 0.1) is 16.3 Å². The Morgan fingerprint density at radius 3 is 2.60 bits per heavy atom. The normalized spacial score (nSPS) is 14.4. The van der Waals surface area contributed by atoms with Gasteiger partial charge < -0.3 is 25.5 Å². The molecule has 0 fully saturated rings. The quantitative estimate of drug-likeness (QED) is 0.222. The van der Waals surface area contributed by atoms with E-state index in [4.69, 9.17) is 11.6 Å². The number of nitrogens with zero attached hydrogens (tertiary/aromatic N) is 6. The second-order valence-corrected chi connectivity index (χ2v) is 10.9. The largest absolute Gasteiger partial charge is 0.478 e. The Bertz CT molecular complexity index is 1750. The first-order valence-corrected chi connectivity index (χ1v) is 14.4. The summed E-state index contributed by atoms with van der Waals surface area (Å²) < 4.78 is 16.4. The molecule has 3 N–H and O–H groups in total. The van der Waals surface area contributed by atoms with Crippen LogP contribution >= 0.6 is 11.6 Å². The first-order valence-electron chi connectivity index (χ1n) is 14.0. The molecule has 0 bridgehead atoms. The molecule has 3 aromatic carbocycles. The molecule has 0 aliphatic carbocycles. The molecule has 1 aliphatic heterocycles. The number of likely N-dealkylation sites (N-methyl/N-ethyl adjacent to an activating group) is 1. The predicted octanol–water partition coefficient (Wildman–Crippen LogP) is 3.90. The Kier molecular flexibility index (Phi) is 9.50. The van der Waals surface area contributed by atoms with Gasteiger partial charge in [-0.25, -0.2) is 9.18 Å². The van der Waals surface area contributed by atoms with E-state index >= 15 is 4.39 Å². The van der Waals surface area contributed by atoms with Crippen LogP contribution in [0.1, 0.15) is 33.1 Å². The van der Waals surface area contributed by atoms with Crippen LogP contribution in [0.4, 0.5) is 15.8 Å². The lowest BCUT2D eigenvalue weighted by molar-refractivity contribution is -0.135. The summed E-state index contributed by atoms with van der Waals surface area (Å²) >= 11 is 6.05. The fraction of sp³-hybridized carbons (Fsp3) is 0.226. The molecule has 12 nitrogen and oxygen atoms in total. The van der Waals surface area contributed by atoms with Crippen LogP contribution in [-0.4, -0.2) is 86.6 Å². The number of carboxylic acid groups (broad SMARTS) is 1. The SMILES string of the molecule is CN(C)CCNc1cccc2c1CCN(C(=O)/C=C/c1c(-n3cnnn3)ccc(Cl)c1F)C2C(=O)Nc1ccc(C(=O)O)cc1. The number of tetrazole rings is 1. The number of carbonyl (C=O) groups excluding carboxylic acids is 2. The average Bonchev–Trinajstić information content (AvgIpc) is 3.56. The molecule has 0 spiro atoms. The standard InChI is InChI=1S/C31H30ClFN8O4/c1-39(2)17-15-34-25-5-3-4-22-21(25)14-16-40(29(22)30(43)36-20-8-6-19(7-9-20)31(44)45)27(42)13-10-23-26(41-18-35-37-38-41)12-11-24(32)28(23)33/h3-13,18,29,34H,14-17H2,1-2H3,(H,36,43)(H,44,45)/b13-10+. The minimum absolute atomic E-state index is 0.00698. The summed E-state index contributed by atoms with van der Waals surface area (Å²) in [5.41, 5.74) is 3.11. The molecule has 0 saturated heterocycles. The molecule has 1 unspecified atom stereocenters. The van der Waals surface area contributed by atoms with Gasteiger partial charge in [-0.1, -0.05) is 23.7 Å². The topological polar surface area (TPSA) is 146 Å². The summed E-state index contributed by atoms with van der Waals surface area (Å²) in [6.45, 7) is 1.68. The molecule has 0 saturated carbocycles. The van der Waals surface area contributed by atoms with Crippen LogP contribution < -0.4 is 10.6 Å². The van der Waals surface area contributed by atoms with E-state index in [0.29, 0.717) is 24.2 Å². The van der Waals surface area contributed by atoms with Gasteiger partial charge >= 0.3 is 5.97 Å². The van der Waals surface area contributed by atoms with Gasteiger partial charge in [-0.2, -0.15) is 4.68 Å². The Morgan fingerprint density at radius 1 is 1.13 bits per heavy atom. The highest BCUT2D eigenvalue weighted by Crippen LogP contribution is 2.35. The van der Waals surface area contributed by atoms with Gasteiger partial charge in [0.1, 0.15) is 12.4 Å². The van der Waals surface area contributed by atoms with Crippen LogP contribution in [0.5, 0.6) is 0 Å². The number of anilines is 2. The molecule has 0 radical (unpaired) electrons. The minimum Gasteiger partial charge on any atom is -0.478 e. The summed E-state index contributed by atoms with van der Waals surface area (Å²) in [4.78, 5) is 42.4. The van der Waals surface area contributed by atoms with Crippen molar-refractivity contribution in [1.82, 2.24) is 30.0 Å². The number of aromatic nitrogens is 4. The van der Waals surface area contributed by atoms with Gasteiger partial charge in [-0.15, -0.1) is 5.10 Å². The van der Waals surface area contributed by atoms with Gasteiger partial charge in [0.15, 0.2) is 5.82 Å². The summed E-state index contributed by atoms with van der Waals surface area (Å²) in [7, 11) is 3.95. The van der Waals surface area contributed by atoms with E-state index in [9.17, 15) is 19.5 Å². The molecule has 2 heterocycles. The highest BCUT2D eigenvalue weighted by atomic mass is 35.5. The summed E-state index contributed by atoms with van der Waals surface area (Å²) in [6, 6.07) is 13.2. The van der Waals surface area contributed by atoms with Crippen molar-refractivity contribution in [2.45, 2.75) is 12.5 Å². The maximum absolute atomic E-state index is 15.2. The zero-order valence-electron chi connectivity index (χ0n) is 24.4. The average molecular weight is 633 g/mol. The minimum atomic E-state index is -1.09. The van der Waals surface area contributed by atoms with Gasteiger partial charge in [0, 0.05) is 42.6 Å². The van der Waals surface area contributed by atoms with Crippen molar-refractivity contribution in [3.63, 3.8) is 0 Å². The lowest BCUT2D eigenvalue weighted by Gasteiger charge is -2.36. The van der Waals surface area contributed by atoms with Crippen molar-refractivity contribution in [1.29, 1.82) is 0 Å². The fourth-order valence-corrected chi connectivity index (χ4v) is 5.28. The maximum Gasteiger partial charge on any atom is 0.335 e. The zero-order valence-corrected chi connectivity index (χ0v) is 25.2. The number of halogens is 2. The van der Waals surface area contributed by atoms with Crippen LogP contribution in [-0.2, 0) is 16.0 Å². The molecule has 1 aliphatic rings. The van der Waals surface area contributed by atoms with Crippen molar-refractivity contribution in [3.05, 3.63) is 100 Å². The number of benzene rings is 3. The summed E-state index contributed by atoms with van der Waals surface area (Å²) in [6.07, 6.45) is 4.24. The second-order valence-electron chi connectivity index (χ2n) is 10.5. The highest BCUT2D eigenvalue weighted by molar-refractivity contribution is 6.31. The summed E-state index contributed by atoms with van der Waals surface area (Å²) in [5, 5.41) is 26.3. The number of hydrogen-bond donors (Lipinski definition) is 3. The monoisotopic (exact) mass is 632 g/mol. The fourth-order valence-electron chi connectivity index (χ4n) is 5.11. The maximum atomic E-state index is 15.2. The van der Waals surface area contributed by atoms with Crippen LogP contribution in [0.2, 0.25) is 5.02 Å². The van der Waals surface area contributed by atoms with Gasteiger partial charge in [-0.3, -0.25) is 9.59 Å². The van der Waals surface area contributed by atoms with Crippen molar-refractivity contribution in [2.75, 3.05) is 44.4 Å². The molecule has 5 rings (SSSR count). The Hall–Kier alpha value is -5.14. The predicted molar refractivity (Wildman–Crippen MR) is 167 cm³/mol. The number of aromatic carboxylic acids is 1. The number of fused-ring (bicyclic) bond motifs is 1. The van der Waals surface area contributed by atoms with Crippen molar-refractivity contribution in [2.24, 2.45) is 0 Å². The van der Waals surface area contributed by atoms with Gasteiger partial charge in [0.25, 0.3) is 5.91 Å². The third-order valence-corrected chi connectivity index (χ3v) is 7.62. The molecule has 4 aromatic rings. The molecule has 2 amide bonds. The van der Waals surface area contributed by atoms with E-state index in [1.165, 1.54) is 64.5 Å². The Balaban J connectivity index is 1.48. The van der Waals surface area contributed by atoms with E-state index in [-0.39, 0.29) is 28.4 Å². The van der Waals surface area contributed by atoms with Crippen LogP contribution in [0, 0.1) is 5.82 Å². The van der Waals surface area contributed by atoms with E-state index < -0.39 is 29.6 Å². The van der Waals surface area contributed by atoms with E-state index in [2.05, 4.69) is 31.1 Å². The van der Waals surface area contributed by atoms with Gasteiger partial charge in [0.2, 0.25) is 5.91 Å². The first kappa shape index (κ1) is 31.3. The summed E-state index contributed by atoms with van der Waals surface area (Å²) in [5.74, 6) is -2.87. The molecular weight excluding hydrogens is 603 g/mol. The smallest absolute Gasteiger partial charge is 0.335 e. The lowest BCUT2D eigenvalue weighted by atomic mass is 9.90. The Labute approximate surface area is 263 Å². The number of nitrogens with one attached hydrogen (secondary N) is 2. The number of carboxylic acids is 1. The first-order chi connectivity index (χ1) is 21.6.